The van der Waals surface area contributed by atoms with Crippen molar-refractivity contribution in [2.75, 3.05) is 14.2 Å². The van der Waals surface area contributed by atoms with Crippen molar-refractivity contribution in [1.82, 2.24) is 0 Å². The topological polar surface area (TPSA) is 71.1 Å². The van der Waals surface area contributed by atoms with E-state index in [0.29, 0.717) is 48.7 Å². The smallest absolute Gasteiger partial charge is 0.306 e. The zero-order valence-corrected chi connectivity index (χ0v) is 20.7. The summed E-state index contributed by atoms with van der Waals surface area (Å²) in [6, 6.07) is 15.4. The normalized spacial score (nSPS) is 18.1. The summed E-state index contributed by atoms with van der Waals surface area (Å²) in [6.45, 7) is 5.82. The quantitative estimate of drug-likeness (QED) is 0.453. The predicted octanol–water partition coefficient (Wildman–Crippen LogP) is 5.53. The summed E-state index contributed by atoms with van der Waals surface area (Å²) in [7, 11) is 3.14. The van der Waals surface area contributed by atoms with Gasteiger partial charge in [0, 0.05) is 24.5 Å². The molecule has 1 aliphatic carbocycles. The van der Waals surface area contributed by atoms with E-state index in [9.17, 15) is 9.59 Å². The maximum absolute atomic E-state index is 13.6. The van der Waals surface area contributed by atoms with E-state index in [4.69, 9.17) is 18.9 Å². The highest BCUT2D eigenvalue weighted by atomic mass is 16.6. The number of carbonyl (C=O) groups is 2. The Morgan fingerprint density at radius 2 is 1.74 bits per heavy atom. The summed E-state index contributed by atoms with van der Waals surface area (Å²) < 4.78 is 22.8. The van der Waals surface area contributed by atoms with Crippen LogP contribution in [0.15, 0.2) is 60.4 Å². The van der Waals surface area contributed by atoms with Crippen LogP contribution >= 0.6 is 0 Å². The van der Waals surface area contributed by atoms with Gasteiger partial charge in [-0.25, -0.2) is 0 Å². The third-order valence-corrected chi connectivity index (χ3v) is 5.94. The minimum absolute atomic E-state index is 0.106. The van der Waals surface area contributed by atoms with Gasteiger partial charge in [0.25, 0.3) is 0 Å². The van der Waals surface area contributed by atoms with Crippen LogP contribution in [-0.4, -0.2) is 31.6 Å². The van der Waals surface area contributed by atoms with E-state index in [1.54, 1.807) is 20.3 Å². The van der Waals surface area contributed by atoms with Crippen LogP contribution in [0.5, 0.6) is 11.5 Å². The zero-order valence-electron chi connectivity index (χ0n) is 20.7. The van der Waals surface area contributed by atoms with E-state index in [0.717, 1.165) is 5.56 Å². The number of para-hydroxylation sites is 1. The summed E-state index contributed by atoms with van der Waals surface area (Å²) in [5, 5.41) is 0. The van der Waals surface area contributed by atoms with Gasteiger partial charge in [-0.05, 0) is 45.2 Å². The predicted molar refractivity (Wildman–Crippen MR) is 130 cm³/mol. The summed E-state index contributed by atoms with van der Waals surface area (Å²) in [5.41, 5.74) is 0.157. The number of ketones is 1. The SMILES string of the molecule is COC1=CC(=O)C(CCC(=O)OC(C)(C)C)(c2cccc(OC)c2OCc2ccccc2)CC1. The summed E-state index contributed by atoms with van der Waals surface area (Å²) in [4.78, 5) is 26.2. The monoisotopic (exact) mass is 466 g/mol. The molecule has 2 aromatic carbocycles. The molecule has 0 spiro atoms. The molecule has 0 saturated carbocycles. The van der Waals surface area contributed by atoms with Crippen LogP contribution < -0.4 is 9.47 Å². The molecular formula is C28H34O6. The van der Waals surface area contributed by atoms with Crippen LogP contribution in [-0.2, 0) is 31.1 Å². The van der Waals surface area contributed by atoms with E-state index in [1.807, 2.05) is 69.3 Å². The number of allylic oxidation sites excluding steroid dienone is 2. The van der Waals surface area contributed by atoms with Crippen LogP contribution in [0.1, 0.15) is 57.6 Å². The van der Waals surface area contributed by atoms with Gasteiger partial charge in [0.15, 0.2) is 17.3 Å². The van der Waals surface area contributed by atoms with E-state index < -0.39 is 11.0 Å². The molecule has 1 atom stereocenters. The highest BCUT2D eigenvalue weighted by Gasteiger charge is 2.44. The first-order valence-corrected chi connectivity index (χ1v) is 11.5. The average Bonchev–Trinajstić information content (AvgIpc) is 2.81. The lowest BCUT2D eigenvalue weighted by atomic mass is 9.67. The fourth-order valence-corrected chi connectivity index (χ4v) is 4.27. The van der Waals surface area contributed by atoms with Gasteiger partial charge in [0.1, 0.15) is 12.2 Å². The molecule has 1 aliphatic rings. The molecule has 0 aromatic heterocycles. The van der Waals surface area contributed by atoms with Crippen molar-refractivity contribution >= 4 is 11.8 Å². The standard InChI is InChI=1S/C28H34O6/c1-27(2,3)34-25(30)15-17-28(16-14-21(31-4)18-24(28)29)22-12-9-13-23(32-5)26(22)33-19-20-10-7-6-8-11-20/h6-13,18H,14-17,19H2,1-5H3. The Labute approximate surface area is 201 Å². The zero-order chi connectivity index (χ0) is 24.8. The van der Waals surface area contributed by atoms with Crippen molar-refractivity contribution in [3.63, 3.8) is 0 Å². The van der Waals surface area contributed by atoms with Gasteiger partial charge < -0.3 is 18.9 Å². The second kappa shape index (κ2) is 10.8. The van der Waals surface area contributed by atoms with E-state index in [1.165, 1.54) is 0 Å². The third-order valence-electron chi connectivity index (χ3n) is 5.94. The third kappa shape index (κ3) is 5.99. The van der Waals surface area contributed by atoms with Gasteiger partial charge in [0.2, 0.25) is 0 Å². The number of esters is 1. The van der Waals surface area contributed by atoms with Gasteiger partial charge in [-0.15, -0.1) is 0 Å². The fourth-order valence-electron chi connectivity index (χ4n) is 4.27. The lowest BCUT2D eigenvalue weighted by Crippen LogP contribution is -2.39. The maximum atomic E-state index is 13.6. The number of hydrogen-bond donors (Lipinski definition) is 0. The van der Waals surface area contributed by atoms with Gasteiger partial charge in [-0.2, -0.15) is 0 Å². The van der Waals surface area contributed by atoms with E-state index in [2.05, 4.69) is 0 Å². The molecule has 6 nitrogen and oxygen atoms in total. The minimum Gasteiger partial charge on any atom is -0.501 e. The van der Waals surface area contributed by atoms with Crippen LogP contribution in [0, 0.1) is 0 Å². The Bertz CT molecular complexity index is 1030. The van der Waals surface area contributed by atoms with E-state index >= 15 is 0 Å². The first kappa shape index (κ1) is 25.3. The molecule has 1 unspecified atom stereocenters. The molecule has 0 heterocycles. The Kier molecular flexibility index (Phi) is 8.02. The highest BCUT2D eigenvalue weighted by Crippen LogP contribution is 2.47. The first-order valence-electron chi connectivity index (χ1n) is 11.5. The molecule has 6 heteroatoms. The number of hydrogen-bond acceptors (Lipinski definition) is 6. The van der Waals surface area contributed by atoms with Crippen molar-refractivity contribution in [3.05, 3.63) is 71.5 Å². The van der Waals surface area contributed by atoms with Crippen LogP contribution in [0.4, 0.5) is 0 Å². The molecule has 0 fully saturated rings. The summed E-state index contributed by atoms with van der Waals surface area (Å²) in [5.74, 6) is 1.24. The number of ether oxygens (including phenoxy) is 4. The number of carbonyl (C=O) groups excluding carboxylic acids is 2. The Hall–Kier alpha value is -3.28. The van der Waals surface area contributed by atoms with Crippen molar-refractivity contribution in [2.24, 2.45) is 0 Å². The number of methoxy groups -OCH3 is 2. The van der Waals surface area contributed by atoms with Crippen molar-refractivity contribution in [3.8, 4) is 11.5 Å². The molecule has 2 aromatic rings. The second-order valence-corrected chi connectivity index (χ2v) is 9.46. The molecule has 0 amide bonds. The molecule has 0 aliphatic heterocycles. The van der Waals surface area contributed by atoms with Gasteiger partial charge in [-0.1, -0.05) is 42.5 Å². The second-order valence-electron chi connectivity index (χ2n) is 9.46. The Balaban J connectivity index is 2.01. The molecular weight excluding hydrogens is 432 g/mol. The molecule has 3 rings (SSSR count). The molecule has 0 bridgehead atoms. The maximum Gasteiger partial charge on any atom is 0.306 e. The Morgan fingerprint density at radius 1 is 1.00 bits per heavy atom. The van der Waals surface area contributed by atoms with Gasteiger partial charge in [-0.3, -0.25) is 9.59 Å². The fraction of sp³-hybridized carbons (Fsp3) is 0.429. The van der Waals surface area contributed by atoms with Crippen LogP contribution in [0.25, 0.3) is 0 Å². The van der Waals surface area contributed by atoms with Crippen LogP contribution in [0.3, 0.4) is 0 Å². The molecule has 34 heavy (non-hydrogen) atoms. The number of rotatable bonds is 9. The summed E-state index contributed by atoms with van der Waals surface area (Å²) >= 11 is 0. The minimum atomic E-state index is -0.959. The number of benzene rings is 2. The molecule has 0 saturated heterocycles. The van der Waals surface area contributed by atoms with Crippen molar-refractivity contribution in [2.45, 2.75) is 64.1 Å². The highest BCUT2D eigenvalue weighted by molar-refractivity contribution is 6.01. The molecule has 182 valence electrons. The lowest BCUT2D eigenvalue weighted by molar-refractivity contribution is -0.155. The lowest BCUT2D eigenvalue weighted by Gasteiger charge is -2.36. The van der Waals surface area contributed by atoms with E-state index in [-0.39, 0.29) is 18.2 Å². The Morgan fingerprint density at radius 3 is 2.35 bits per heavy atom. The van der Waals surface area contributed by atoms with Crippen LogP contribution in [0.2, 0.25) is 0 Å². The van der Waals surface area contributed by atoms with Crippen molar-refractivity contribution < 1.29 is 28.5 Å². The van der Waals surface area contributed by atoms with Gasteiger partial charge in [0.05, 0.1) is 25.4 Å². The van der Waals surface area contributed by atoms with Crippen molar-refractivity contribution in [1.29, 1.82) is 0 Å². The first-order chi connectivity index (χ1) is 16.2. The summed E-state index contributed by atoms with van der Waals surface area (Å²) in [6.07, 6.45) is 3.01. The average molecular weight is 467 g/mol. The molecule has 0 N–H and O–H groups in total. The molecule has 0 radical (unpaired) electrons. The largest absolute Gasteiger partial charge is 0.501 e. The van der Waals surface area contributed by atoms with Gasteiger partial charge >= 0.3 is 5.97 Å².